The quantitative estimate of drug-likeness (QED) is 0.385. The number of aryl methyl sites for hydroxylation is 2. The van der Waals surface area contributed by atoms with Crippen LogP contribution in [0.25, 0.3) is 0 Å². The van der Waals surface area contributed by atoms with Gasteiger partial charge in [0.15, 0.2) is 0 Å². The number of amides is 1. The highest BCUT2D eigenvalue weighted by Crippen LogP contribution is 2.24. The SMILES string of the molecule is Cc1ccccc1NS(=O)(=O)c1ccc(NC(=O)C2CCCN(S(=O)(=O)CCCc3ccccc3)C2)cc1. The number of carbonyl (C=O) groups excluding carboxylic acids is 1. The van der Waals surface area contributed by atoms with Gasteiger partial charge in [-0.3, -0.25) is 9.52 Å². The number of rotatable bonds is 10. The molecular formula is C28H33N3O5S2. The van der Waals surface area contributed by atoms with E-state index in [0.717, 1.165) is 11.1 Å². The maximum atomic E-state index is 12.9. The number of hydrogen-bond donors (Lipinski definition) is 2. The maximum absolute atomic E-state index is 12.9. The summed E-state index contributed by atoms with van der Waals surface area (Å²) in [6.45, 7) is 2.38. The van der Waals surface area contributed by atoms with Gasteiger partial charge in [-0.25, -0.2) is 21.1 Å². The van der Waals surface area contributed by atoms with Crippen molar-refractivity contribution in [2.75, 3.05) is 28.9 Å². The van der Waals surface area contributed by atoms with Crippen LogP contribution in [-0.2, 0) is 31.3 Å². The van der Waals surface area contributed by atoms with E-state index in [2.05, 4.69) is 10.0 Å². The van der Waals surface area contributed by atoms with Crippen molar-refractivity contribution in [3.63, 3.8) is 0 Å². The topological polar surface area (TPSA) is 113 Å². The molecule has 8 nitrogen and oxygen atoms in total. The highest BCUT2D eigenvalue weighted by Gasteiger charge is 2.32. The molecule has 38 heavy (non-hydrogen) atoms. The molecule has 2 N–H and O–H groups in total. The minimum Gasteiger partial charge on any atom is -0.326 e. The predicted molar refractivity (Wildman–Crippen MR) is 150 cm³/mol. The van der Waals surface area contributed by atoms with E-state index in [0.29, 0.717) is 43.6 Å². The lowest BCUT2D eigenvalue weighted by molar-refractivity contribution is -0.120. The number of piperidine rings is 1. The monoisotopic (exact) mass is 555 g/mol. The van der Waals surface area contributed by atoms with Crippen molar-refractivity contribution >= 4 is 37.3 Å². The lowest BCUT2D eigenvalue weighted by Gasteiger charge is -2.31. The lowest BCUT2D eigenvalue weighted by atomic mass is 9.99. The van der Waals surface area contributed by atoms with Crippen LogP contribution >= 0.6 is 0 Å². The molecule has 0 radical (unpaired) electrons. The Morgan fingerprint density at radius 2 is 1.61 bits per heavy atom. The molecule has 1 heterocycles. The van der Waals surface area contributed by atoms with Gasteiger partial charge in [0.2, 0.25) is 15.9 Å². The van der Waals surface area contributed by atoms with Gasteiger partial charge in [-0.1, -0.05) is 48.5 Å². The van der Waals surface area contributed by atoms with E-state index in [9.17, 15) is 21.6 Å². The normalized spacial score (nSPS) is 16.6. The number of benzene rings is 3. The van der Waals surface area contributed by atoms with Gasteiger partial charge in [-0.2, -0.15) is 0 Å². The molecule has 0 bridgehead atoms. The Labute approximate surface area is 225 Å². The number of para-hydroxylation sites is 1. The molecule has 3 aromatic carbocycles. The molecule has 202 valence electrons. The summed E-state index contributed by atoms with van der Waals surface area (Å²) in [5.41, 5.74) is 2.86. The summed E-state index contributed by atoms with van der Waals surface area (Å²) < 4.78 is 55.4. The standard InChI is InChI=1S/C28H33N3O5S2/c1-22-9-5-6-14-27(22)30-38(35,36)26-17-15-25(16-18-26)29-28(32)24-13-7-19-31(21-24)37(33,34)20-8-12-23-10-3-2-4-11-23/h2-6,9-11,14-18,24,30H,7-8,12-13,19-21H2,1H3,(H,29,32). The first-order valence-corrected chi connectivity index (χ1v) is 15.7. The molecule has 1 atom stereocenters. The largest absolute Gasteiger partial charge is 0.326 e. The van der Waals surface area contributed by atoms with Crippen molar-refractivity contribution in [3.8, 4) is 0 Å². The van der Waals surface area contributed by atoms with Gasteiger partial charge < -0.3 is 5.32 Å². The van der Waals surface area contributed by atoms with Crippen LogP contribution in [-0.4, -0.2) is 45.9 Å². The van der Waals surface area contributed by atoms with Gasteiger partial charge >= 0.3 is 0 Å². The summed E-state index contributed by atoms with van der Waals surface area (Å²) in [6.07, 6.45) is 2.41. The minimum atomic E-state index is -3.79. The van der Waals surface area contributed by atoms with Gasteiger partial charge in [0.25, 0.3) is 10.0 Å². The third-order valence-electron chi connectivity index (χ3n) is 6.68. The molecule has 1 amide bonds. The van der Waals surface area contributed by atoms with Gasteiger partial charge in [-0.05, 0) is 74.1 Å². The highest BCUT2D eigenvalue weighted by molar-refractivity contribution is 7.92. The number of nitrogens with zero attached hydrogens (tertiary/aromatic N) is 1. The maximum Gasteiger partial charge on any atom is 0.261 e. The zero-order valence-electron chi connectivity index (χ0n) is 21.3. The smallest absolute Gasteiger partial charge is 0.261 e. The second-order valence-electron chi connectivity index (χ2n) is 9.54. The first-order chi connectivity index (χ1) is 18.1. The van der Waals surface area contributed by atoms with E-state index in [-0.39, 0.29) is 23.1 Å². The molecule has 0 spiro atoms. The predicted octanol–water partition coefficient (Wildman–Crippen LogP) is 4.41. The molecule has 0 aliphatic carbocycles. The van der Waals surface area contributed by atoms with Crippen LogP contribution in [0.2, 0.25) is 0 Å². The fraction of sp³-hybridized carbons (Fsp3) is 0.321. The Morgan fingerprint density at radius 1 is 0.921 bits per heavy atom. The van der Waals surface area contributed by atoms with Crippen molar-refractivity contribution in [1.82, 2.24) is 4.31 Å². The molecule has 0 saturated carbocycles. The molecule has 1 aliphatic heterocycles. The summed E-state index contributed by atoms with van der Waals surface area (Å²) in [6, 6.07) is 22.8. The van der Waals surface area contributed by atoms with E-state index in [1.807, 2.05) is 49.4 Å². The molecular weight excluding hydrogens is 522 g/mol. The Morgan fingerprint density at radius 3 is 2.32 bits per heavy atom. The molecule has 3 aromatic rings. The van der Waals surface area contributed by atoms with Crippen molar-refractivity contribution < 1.29 is 21.6 Å². The van der Waals surface area contributed by atoms with E-state index < -0.39 is 26.0 Å². The van der Waals surface area contributed by atoms with Crippen molar-refractivity contribution in [3.05, 3.63) is 90.0 Å². The van der Waals surface area contributed by atoms with Gasteiger partial charge in [-0.15, -0.1) is 0 Å². The number of carbonyl (C=O) groups is 1. The van der Waals surface area contributed by atoms with Crippen LogP contribution in [0.3, 0.4) is 0 Å². The fourth-order valence-electron chi connectivity index (χ4n) is 4.49. The average molecular weight is 556 g/mol. The second kappa shape index (κ2) is 12.1. The molecule has 10 heteroatoms. The summed E-state index contributed by atoms with van der Waals surface area (Å²) in [5, 5.41) is 2.81. The van der Waals surface area contributed by atoms with Gasteiger partial charge in [0.1, 0.15) is 0 Å². The number of anilines is 2. The lowest BCUT2D eigenvalue weighted by Crippen LogP contribution is -2.44. The van der Waals surface area contributed by atoms with Crippen LogP contribution in [0.5, 0.6) is 0 Å². The second-order valence-corrected chi connectivity index (χ2v) is 13.3. The third kappa shape index (κ3) is 7.21. The Balaban J connectivity index is 1.32. The number of sulfonamides is 2. The van der Waals surface area contributed by atoms with E-state index in [4.69, 9.17) is 0 Å². The Kier molecular flexibility index (Phi) is 8.86. The van der Waals surface area contributed by atoms with E-state index >= 15 is 0 Å². The van der Waals surface area contributed by atoms with Crippen LogP contribution in [0, 0.1) is 12.8 Å². The molecule has 4 rings (SSSR count). The minimum absolute atomic E-state index is 0.0444. The van der Waals surface area contributed by atoms with Crippen LogP contribution in [0.4, 0.5) is 11.4 Å². The highest BCUT2D eigenvalue weighted by atomic mass is 32.2. The summed E-state index contributed by atoms with van der Waals surface area (Å²) >= 11 is 0. The Hall–Kier alpha value is -3.21. The van der Waals surface area contributed by atoms with Gasteiger partial charge in [0, 0.05) is 18.8 Å². The van der Waals surface area contributed by atoms with Crippen LogP contribution in [0.1, 0.15) is 30.4 Å². The molecule has 1 aliphatic rings. The first kappa shape index (κ1) is 27.8. The zero-order chi connectivity index (χ0) is 27.2. The Bertz CT molecular complexity index is 1460. The fourth-order valence-corrected chi connectivity index (χ4v) is 7.21. The van der Waals surface area contributed by atoms with Crippen molar-refractivity contribution in [2.24, 2.45) is 5.92 Å². The molecule has 0 aromatic heterocycles. The van der Waals surface area contributed by atoms with E-state index in [1.54, 1.807) is 12.1 Å². The number of hydrogen-bond acceptors (Lipinski definition) is 5. The first-order valence-electron chi connectivity index (χ1n) is 12.7. The average Bonchev–Trinajstić information content (AvgIpc) is 2.91. The summed E-state index contributed by atoms with van der Waals surface area (Å²) in [4.78, 5) is 13.0. The van der Waals surface area contributed by atoms with Crippen molar-refractivity contribution in [2.45, 2.75) is 37.5 Å². The van der Waals surface area contributed by atoms with Crippen LogP contribution < -0.4 is 10.0 Å². The zero-order valence-corrected chi connectivity index (χ0v) is 23.0. The third-order valence-corrected chi connectivity index (χ3v) is 9.98. The summed E-state index contributed by atoms with van der Waals surface area (Å²) in [7, 11) is -7.25. The summed E-state index contributed by atoms with van der Waals surface area (Å²) in [5.74, 6) is -0.704. The molecule has 1 saturated heterocycles. The van der Waals surface area contributed by atoms with Gasteiger partial charge in [0.05, 0.1) is 22.3 Å². The van der Waals surface area contributed by atoms with E-state index in [1.165, 1.54) is 28.6 Å². The molecule has 1 unspecified atom stereocenters. The van der Waals surface area contributed by atoms with Crippen molar-refractivity contribution in [1.29, 1.82) is 0 Å². The number of nitrogens with one attached hydrogen (secondary N) is 2. The molecule has 1 fully saturated rings. The van der Waals surface area contributed by atoms with Crippen LogP contribution in [0.15, 0.2) is 83.8 Å².